The van der Waals surface area contributed by atoms with E-state index in [0.717, 1.165) is 5.30 Å². The molecular formula is C20H20OP2. The van der Waals surface area contributed by atoms with Gasteiger partial charge in [-0.3, -0.25) is 0 Å². The summed E-state index contributed by atoms with van der Waals surface area (Å²) in [5, 5.41) is 3.54. The monoisotopic (exact) mass is 338 g/mol. The minimum Gasteiger partial charge on any atom is -0.319 e. The van der Waals surface area contributed by atoms with Crippen LogP contribution in [-0.4, -0.2) is 12.6 Å². The van der Waals surface area contributed by atoms with E-state index >= 15 is 0 Å². The molecule has 0 radical (unpaired) electrons. The van der Waals surface area contributed by atoms with Crippen LogP contribution in [0.15, 0.2) is 91.0 Å². The topological polar surface area (TPSA) is 17.1 Å². The van der Waals surface area contributed by atoms with Crippen LogP contribution in [0.5, 0.6) is 0 Å². The molecule has 0 aromatic heterocycles. The average molecular weight is 338 g/mol. The Morgan fingerprint density at radius 2 is 1.09 bits per heavy atom. The molecule has 0 heterocycles. The van der Waals surface area contributed by atoms with Gasteiger partial charge in [-0.15, -0.1) is 0 Å². The van der Waals surface area contributed by atoms with Gasteiger partial charge in [0.2, 0.25) is 0 Å². The first-order chi connectivity index (χ1) is 11.2. The van der Waals surface area contributed by atoms with E-state index in [4.69, 9.17) is 0 Å². The zero-order valence-electron chi connectivity index (χ0n) is 13.2. The van der Waals surface area contributed by atoms with Crippen molar-refractivity contribution in [2.45, 2.75) is 0 Å². The van der Waals surface area contributed by atoms with Gasteiger partial charge >= 0.3 is 0 Å². The first kappa shape index (κ1) is 16.2. The fourth-order valence-electron chi connectivity index (χ4n) is 2.62. The third-order valence-corrected chi connectivity index (χ3v) is 10.4. The standard InChI is InChI=1S/C20H20OP2/c1-23(21,20-15-9-4-10-16-20)17-22(18-11-5-2-6-12-18)19-13-7-3-8-14-19/h2-16H,17H2,1H3. The van der Waals surface area contributed by atoms with Crippen LogP contribution in [-0.2, 0) is 4.57 Å². The molecule has 0 aliphatic rings. The van der Waals surface area contributed by atoms with Crippen molar-refractivity contribution in [1.29, 1.82) is 0 Å². The van der Waals surface area contributed by atoms with Crippen molar-refractivity contribution in [3.63, 3.8) is 0 Å². The second kappa shape index (κ2) is 7.26. The summed E-state index contributed by atoms with van der Waals surface area (Å²) in [6.45, 7) is 1.92. The number of hydrogen-bond acceptors (Lipinski definition) is 1. The fourth-order valence-corrected chi connectivity index (χ4v) is 8.91. The molecule has 3 aromatic carbocycles. The summed E-state index contributed by atoms with van der Waals surface area (Å²) >= 11 is 0. The Labute approximate surface area is 139 Å². The summed E-state index contributed by atoms with van der Waals surface area (Å²) in [5.41, 5.74) is 0. The fraction of sp³-hybridized carbons (Fsp3) is 0.100. The van der Waals surface area contributed by atoms with Gasteiger partial charge in [-0.25, -0.2) is 0 Å². The van der Waals surface area contributed by atoms with Gasteiger partial charge in [-0.1, -0.05) is 91.0 Å². The SMILES string of the molecule is CP(=O)(CP(c1ccccc1)c1ccccc1)c1ccccc1. The lowest BCUT2D eigenvalue weighted by molar-refractivity contribution is 0.587. The van der Waals surface area contributed by atoms with Crippen molar-refractivity contribution in [2.24, 2.45) is 0 Å². The predicted molar refractivity (Wildman–Crippen MR) is 104 cm³/mol. The highest BCUT2D eigenvalue weighted by Gasteiger charge is 2.25. The second-order valence-electron chi connectivity index (χ2n) is 5.68. The molecule has 0 aliphatic heterocycles. The van der Waals surface area contributed by atoms with Gasteiger partial charge in [0.05, 0.1) is 0 Å². The van der Waals surface area contributed by atoms with Crippen LogP contribution < -0.4 is 15.9 Å². The van der Waals surface area contributed by atoms with Crippen LogP contribution in [0.3, 0.4) is 0 Å². The Bertz CT molecular complexity index is 746. The van der Waals surface area contributed by atoms with Crippen molar-refractivity contribution in [2.75, 3.05) is 12.6 Å². The van der Waals surface area contributed by atoms with E-state index in [0.29, 0.717) is 5.90 Å². The van der Waals surface area contributed by atoms with Gasteiger partial charge in [0.25, 0.3) is 0 Å². The molecule has 3 rings (SSSR count). The van der Waals surface area contributed by atoms with Crippen LogP contribution >= 0.6 is 15.1 Å². The van der Waals surface area contributed by atoms with Crippen molar-refractivity contribution >= 4 is 31.0 Å². The molecule has 0 fully saturated rings. The summed E-state index contributed by atoms with van der Waals surface area (Å²) in [7, 11) is -3.03. The summed E-state index contributed by atoms with van der Waals surface area (Å²) in [4.78, 5) is 0. The third-order valence-electron chi connectivity index (χ3n) is 3.85. The number of benzene rings is 3. The van der Waals surface area contributed by atoms with Crippen LogP contribution in [0.25, 0.3) is 0 Å². The van der Waals surface area contributed by atoms with E-state index < -0.39 is 15.1 Å². The maximum Gasteiger partial charge on any atom is 0.117 e. The number of rotatable bonds is 5. The first-order valence-corrected chi connectivity index (χ1v) is 11.5. The number of hydrogen-bond donors (Lipinski definition) is 0. The van der Waals surface area contributed by atoms with Crippen LogP contribution in [0.2, 0.25) is 0 Å². The van der Waals surface area contributed by atoms with Gasteiger partial charge < -0.3 is 4.57 Å². The molecule has 23 heavy (non-hydrogen) atoms. The minimum atomic E-state index is -2.40. The van der Waals surface area contributed by atoms with E-state index in [-0.39, 0.29) is 0 Å². The second-order valence-corrected chi connectivity index (χ2v) is 11.4. The lowest BCUT2D eigenvalue weighted by Crippen LogP contribution is -2.16. The van der Waals surface area contributed by atoms with Gasteiger partial charge in [0.15, 0.2) is 0 Å². The molecule has 3 aromatic rings. The highest BCUT2D eigenvalue weighted by molar-refractivity contribution is 7.87. The molecular weight excluding hydrogens is 318 g/mol. The minimum absolute atomic E-state index is 0.626. The van der Waals surface area contributed by atoms with Gasteiger partial charge in [-0.05, 0) is 25.2 Å². The van der Waals surface area contributed by atoms with Gasteiger partial charge in [0, 0.05) is 11.2 Å². The molecule has 116 valence electrons. The molecule has 0 saturated heterocycles. The quantitative estimate of drug-likeness (QED) is 0.631. The van der Waals surface area contributed by atoms with Crippen molar-refractivity contribution in [3.8, 4) is 0 Å². The highest BCUT2D eigenvalue weighted by Crippen LogP contribution is 2.52. The summed E-state index contributed by atoms with van der Waals surface area (Å²) in [6.07, 6.45) is 0. The normalized spacial score (nSPS) is 13.7. The molecule has 0 spiro atoms. The summed E-state index contributed by atoms with van der Waals surface area (Å²) in [5.74, 6) is 0.709. The smallest absolute Gasteiger partial charge is 0.117 e. The van der Waals surface area contributed by atoms with Crippen LogP contribution in [0, 0.1) is 0 Å². The average Bonchev–Trinajstić information content (AvgIpc) is 2.62. The zero-order chi connectivity index (χ0) is 16.1. The van der Waals surface area contributed by atoms with Crippen LogP contribution in [0.1, 0.15) is 0 Å². The van der Waals surface area contributed by atoms with E-state index in [9.17, 15) is 4.57 Å². The summed E-state index contributed by atoms with van der Waals surface area (Å²) < 4.78 is 13.4. The van der Waals surface area contributed by atoms with E-state index in [2.05, 4.69) is 48.5 Å². The lowest BCUT2D eigenvalue weighted by Gasteiger charge is -2.23. The maximum atomic E-state index is 13.4. The Morgan fingerprint density at radius 3 is 1.52 bits per heavy atom. The molecule has 1 unspecified atom stereocenters. The van der Waals surface area contributed by atoms with E-state index in [1.54, 1.807) is 0 Å². The Balaban J connectivity index is 1.99. The van der Waals surface area contributed by atoms with Crippen molar-refractivity contribution < 1.29 is 4.57 Å². The molecule has 0 aliphatic carbocycles. The van der Waals surface area contributed by atoms with Gasteiger partial charge in [0.1, 0.15) is 7.14 Å². The zero-order valence-corrected chi connectivity index (χ0v) is 15.0. The molecule has 0 amide bonds. The van der Waals surface area contributed by atoms with E-state index in [1.165, 1.54) is 10.6 Å². The molecule has 1 nitrogen and oxygen atoms in total. The van der Waals surface area contributed by atoms with Crippen LogP contribution in [0.4, 0.5) is 0 Å². The first-order valence-electron chi connectivity index (χ1n) is 7.67. The Hall–Kier alpha value is -1.68. The van der Waals surface area contributed by atoms with Gasteiger partial charge in [-0.2, -0.15) is 0 Å². The molecule has 3 heteroatoms. The highest BCUT2D eigenvalue weighted by atomic mass is 31.2. The Morgan fingerprint density at radius 1 is 0.696 bits per heavy atom. The van der Waals surface area contributed by atoms with E-state index in [1.807, 2.05) is 49.1 Å². The summed E-state index contributed by atoms with van der Waals surface area (Å²) in [6, 6.07) is 30.9. The molecule has 0 saturated carbocycles. The Kier molecular flexibility index (Phi) is 5.11. The van der Waals surface area contributed by atoms with Crippen molar-refractivity contribution in [3.05, 3.63) is 91.0 Å². The molecule has 1 atom stereocenters. The molecule has 0 N–H and O–H groups in total. The van der Waals surface area contributed by atoms with Crippen molar-refractivity contribution in [1.82, 2.24) is 0 Å². The maximum absolute atomic E-state index is 13.4. The third kappa shape index (κ3) is 3.99. The largest absolute Gasteiger partial charge is 0.319 e. The predicted octanol–water partition coefficient (Wildman–Crippen LogP) is 4.40. The lowest BCUT2D eigenvalue weighted by atomic mass is 10.4. The molecule has 0 bridgehead atoms.